The second kappa shape index (κ2) is 5.71. The van der Waals surface area contributed by atoms with E-state index >= 15 is 0 Å². The number of hydrogen-bond acceptors (Lipinski definition) is 2. The fourth-order valence-corrected chi connectivity index (χ4v) is 1.89. The van der Waals surface area contributed by atoms with Gasteiger partial charge in [0.15, 0.2) is 0 Å². The van der Waals surface area contributed by atoms with E-state index < -0.39 is 17.7 Å². The lowest BCUT2D eigenvalue weighted by Crippen LogP contribution is -2.15. The lowest BCUT2D eigenvalue weighted by atomic mass is 10.1. The molecule has 20 heavy (non-hydrogen) atoms. The van der Waals surface area contributed by atoms with Crippen molar-refractivity contribution in [1.29, 1.82) is 0 Å². The van der Waals surface area contributed by atoms with Crippen LogP contribution in [0.3, 0.4) is 0 Å². The Bertz CT molecular complexity index is 688. The quantitative estimate of drug-likeness (QED) is 0.911. The highest BCUT2D eigenvalue weighted by molar-refractivity contribution is 6.34. The molecule has 0 spiro atoms. The van der Waals surface area contributed by atoms with Crippen molar-refractivity contribution in [1.82, 2.24) is 0 Å². The summed E-state index contributed by atoms with van der Waals surface area (Å²) in [7, 11) is 0. The number of nitrogens with one attached hydrogen (secondary N) is 1. The molecule has 0 bridgehead atoms. The highest BCUT2D eigenvalue weighted by atomic mass is 35.5. The number of anilines is 1. The molecule has 2 aromatic rings. The maximum absolute atomic E-state index is 12.9. The van der Waals surface area contributed by atoms with E-state index in [0.717, 1.165) is 12.1 Å². The summed E-state index contributed by atoms with van der Waals surface area (Å²) in [6.45, 7) is 0. The van der Waals surface area contributed by atoms with E-state index in [0.29, 0.717) is 0 Å². The topological polar surface area (TPSA) is 66.4 Å². The number of halogens is 2. The van der Waals surface area contributed by atoms with Gasteiger partial charge in [0.1, 0.15) is 5.82 Å². The van der Waals surface area contributed by atoms with Crippen LogP contribution in [0, 0.1) is 5.82 Å². The molecule has 0 fully saturated rings. The van der Waals surface area contributed by atoms with E-state index in [9.17, 15) is 14.0 Å². The Morgan fingerprint density at radius 2 is 1.80 bits per heavy atom. The molecule has 6 heteroatoms. The van der Waals surface area contributed by atoms with Gasteiger partial charge in [0.25, 0.3) is 5.91 Å². The molecule has 0 saturated carbocycles. The minimum absolute atomic E-state index is 0.0425. The van der Waals surface area contributed by atoms with Crippen molar-refractivity contribution in [2.45, 2.75) is 0 Å². The van der Waals surface area contributed by atoms with Gasteiger partial charge in [-0.2, -0.15) is 0 Å². The van der Waals surface area contributed by atoms with Crippen molar-refractivity contribution in [2.75, 3.05) is 5.32 Å². The molecular weight excluding hydrogens is 285 g/mol. The van der Waals surface area contributed by atoms with Crippen LogP contribution in [0.5, 0.6) is 0 Å². The van der Waals surface area contributed by atoms with E-state index in [1.165, 1.54) is 18.2 Å². The molecule has 0 saturated heterocycles. The van der Waals surface area contributed by atoms with Crippen LogP contribution >= 0.6 is 11.6 Å². The number of carbonyl (C=O) groups is 2. The van der Waals surface area contributed by atoms with E-state index in [-0.39, 0.29) is 21.8 Å². The third kappa shape index (κ3) is 2.95. The maximum Gasteiger partial charge on any atom is 0.337 e. The molecule has 102 valence electrons. The van der Waals surface area contributed by atoms with E-state index in [4.69, 9.17) is 16.7 Å². The summed E-state index contributed by atoms with van der Waals surface area (Å²) in [5.74, 6) is -2.33. The van der Waals surface area contributed by atoms with E-state index in [1.54, 1.807) is 12.1 Å². The maximum atomic E-state index is 12.9. The largest absolute Gasteiger partial charge is 0.478 e. The fraction of sp³-hybridized carbons (Fsp3) is 0. The van der Waals surface area contributed by atoms with Crippen molar-refractivity contribution in [3.63, 3.8) is 0 Å². The highest BCUT2D eigenvalue weighted by Crippen LogP contribution is 2.20. The SMILES string of the molecule is O=C(Nc1ccccc1C(=O)O)c1ccc(F)cc1Cl. The molecule has 0 heterocycles. The predicted molar refractivity (Wildman–Crippen MR) is 72.8 cm³/mol. The van der Waals surface area contributed by atoms with E-state index in [2.05, 4.69) is 5.32 Å². The molecule has 0 aliphatic carbocycles. The molecule has 0 aromatic heterocycles. The first kappa shape index (κ1) is 14.0. The normalized spacial score (nSPS) is 10.1. The molecule has 2 aromatic carbocycles. The summed E-state index contributed by atoms with van der Waals surface area (Å²) in [6, 6.07) is 9.31. The summed E-state index contributed by atoms with van der Waals surface area (Å²) in [6.07, 6.45) is 0. The first-order valence-corrected chi connectivity index (χ1v) is 5.95. The molecule has 2 rings (SSSR count). The van der Waals surface area contributed by atoms with Crippen LogP contribution in [0.4, 0.5) is 10.1 Å². The molecule has 1 amide bonds. The van der Waals surface area contributed by atoms with Crippen LogP contribution in [0.1, 0.15) is 20.7 Å². The molecule has 0 atom stereocenters. The molecule has 0 aliphatic heterocycles. The zero-order chi connectivity index (χ0) is 14.7. The highest BCUT2D eigenvalue weighted by Gasteiger charge is 2.15. The van der Waals surface area contributed by atoms with Gasteiger partial charge in [0, 0.05) is 0 Å². The van der Waals surface area contributed by atoms with Crippen molar-refractivity contribution < 1.29 is 19.1 Å². The van der Waals surface area contributed by atoms with Gasteiger partial charge in [0.2, 0.25) is 0 Å². The van der Waals surface area contributed by atoms with Gasteiger partial charge in [-0.15, -0.1) is 0 Å². The van der Waals surface area contributed by atoms with Crippen LogP contribution in [0.2, 0.25) is 5.02 Å². The Kier molecular flexibility index (Phi) is 4.00. The van der Waals surface area contributed by atoms with Gasteiger partial charge in [-0.3, -0.25) is 4.79 Å². The predicted octanol–water partition coefficient (Wildman–Crippen LogP) is 3.43. The number of carboxylic acid groups (broad SMARTS) is 1. The zero-order valence-electron chi connectivity index (χ0n) is 10.1. The van der Waals surface area contributed by atoms with Crippen LogP contribution in [-0.2, 0) is 0 Å². The molecule has 0 radical (unpaired) electrons. The summed E-state index contributed by atoms with van der Waals surface area (Å²) in [4.78, 5) is 23.0. The van der Waals surface area contributed by atoms with Crippen LogP contribution in [0.25, 0.3) is 0 Å². The van der Waals surface area contributed by atoms with E-state index in [1.807, 2.05) is 0 Å². The Balaban J connectivity index is 2.30. The average molecular weight is 294 g/mol. The fourth-order valence-electron chi connectivity index (χ4n) is 1.64. The molecule has 4 nitrogen and oxygen atoms in total. The summed E-state index contributed by atoms with van der Waals surface area (Å²) in [5, 5.41) is 11.4. The number of carboxylic acids is 1. The smallest absolute Gasteiger partial charge is 0.337 e. The Labute approximate surface area is 118 Å². The number of aromatic carboxylic acids is 1. The van der Waals surface area contributed by atoms with Crippen LogP contribution < -0.4 is 5.32 Å². The van der Waals surface area contributed by atoms with Gasteiger partial charge in [-0.05, 0) is 30.3 Å². The van der Waals surface area contributed by atoms with Crippen molar-refractivity contribution in [2.24, 2.45) is 0 Å². The van der Waals surface area contributed by atoms with Gasteiger partial charge < -0.3 is 10.4 Å². The second-order valence-electron chi connectivity index (χ2n) is 3.93. The summed E-state index contributed by atoms with van der Waals surface area (Å²) in [5.41, 5.74) is 0.165. The summed E-state index contributed by atoms with van der Waals surface area (Å²) >= 11 is 5.78. The minimum Gasteiger partial charge on any atom is -0.478 e. The standard InChI is InChI=1S/C14H9ClFNO3/c15-11-7-8(16)5-6-9(11)13(18)17-12-4-2-1-3-10(12)14(19)20/h1-7H,(H,17,18)(H,19,20). The van der Waals surface area contributed by atoms with Crippen LogP contribution in [-0.4, -0.2) is 17.0 Å². The zero-order valence-corrected chi connectivity index (χ0v) is 10.8. The van der Waals surface area contributed by atoms with Crippen molar-refractivity contribution in [3.05, 3.63) is 64.4 Å². The van der Waals surface area contributed by atoms with Crippen molar-refractivity contribution in [3.8, 4) is 0 Å². The second-order valence-corrected chi connectivity index (χ2v) is 4.34. The van der Waals surface area contributed by atoms with Gasteiger partial charge in [0.05, 0.1) is 21.8 Å². The average Bonchev–Trinajstić information content (AvgIpc) is 2.38. The Morgan fingerprint density at radius 1 is 1.10 bits per heavy atom. The number of carbonyl (C=O) groups excluding carboxylic acids is 1. The molecule has 0 unspecified atom stereocenters. The lowest BCUT2D eigenvalue weighted by molar-refractivity contribution is 0.0698. The number of amides is 1. The van der Waals surface area contributed by atoms with Gasteiger partial charge in [-0.25, -0.2) is 9.18 Å². The minimum atomic E-state index is -1.16. The number of rotatable bonds is 3. The van der Waals surface area contributed by atoms with Crippen LogP contribution in [0.15, 0.2) is 42.5 Å². The van der Waals surface area contributed by atoms with Gasteiger partial charge >= 0.3 is 5.97 Å². The molecule has 2 N–H and O–H groups in total. The Morgan fingerprint density at radius 3 is 2.45 bits per heavy atom. The first-order chi connectivity index (χ1) is 9.49. The summed E-state index contributed by atoms with van der Waals surface area (Å²) < 4.78 is 12.9. The monoisotopic (exact) mass is 293 g/mol. The number of para-hydroxylation sites is 1. The first-order valence-electron chi connectivity index (χ1n) is 5.58. The van der Waals surface area contributed by atoms with Crippen molar-refractivity contribution >= 4 is 29.2 Å². The third-order valence-electron chi connectivity index (χ3n) is 2.58. The Hall–Kier alpha value is -2.40. The number of hydrogen-bond donors (Lipinski definition) is 2. The lowest BCUT2D eigenvalue weighted by Gasteiger charge is -2.09. The number of benzene rings is 2. The molecular formula is C14H9ClFNO3. The third-order valence-corrected chi connectivity index (χ3v) is 2.89. The van der Waals surface area contributed by atoms with Gasteiger partial charge in [-0.1, -0.05) is 23.7 Å². The molecule has 0 aliphatic rings.